The van der Waals surface area contributed by atoms with Crippen LogP contribution in [0.15, 0.2) is 46.9 Å². The zero-order valence-electron chi connectivity index (χ0n) is 15.9. The molecular formula is C21H21NO6. The Morgan fingerprint density at radius 2 is 1.93 bits per heavy atom. The van der Waals surface area contributed by atoms with Crippen molar-refractivity contribution in [3.05, 3.63) is 53.8 Å². The van der Waals surface area contributed by atoms with Crippen LogP contribution in [0.3, 0.4) is 0 Å². The number of hydrogen-bond donors (Lipinski definition) is 1. The molecule has 0 aliphatic heterocycles. The van der Waals surface area contributed by atoms with Crippen LogP contribution < -0.4 is 14.8 Å². The van der Waals surface area contributed by atoms with Gasteiger partial charge in [0.2, 0.25) is 5.91 Å². The van der Waals surface area contributed by atoms with Crippen LogP contribution in [-0.4, -0.2) is 25.6 Å². The van der Waals surface area contributed by atoms with E-state index < -0.39 is 5.97 Å². The Hall–Kier alpha value is -3.48. The number of benzene rings is 2. The van der Waals surface area contributed by atoms with Crippen molar-refractivity contribution in [3.63, 3.8) is 0 Å². The highest BCUT2D eigenvalue weighted by atomic mass is 16.5. The molecule has 0 aliphatic carbocycles. The van der Waals surface area contributed by atoms with Gasteiger partial charge in [-0.3, -0.25) is 4.79 Å². The smallest absolute Gasteiger partial charge is 0.342 e. The highest BCUT2D eigenvalue weighted by Crippen LogP contribution is 2.32. The van der Waals surface area contributed by atoms with Gasteiger partial charge >= 0.3 is 5.97 Å². The third-order valence-corrected chi connectivity index (χ3v) is 4.00. The Kier molecular flexibility index (Phi) is 5.84. The molecule has 1 amide bonds. The lowest BCUT2D eigenvalue weighted by Gasteiger charge is -2.11. The van der Waals surface area contributed by atoms with Gasteiger partial charge in [-0.25, -0.2) is 4.79 Å². The molecule has 0 unspecified atom stereocenters. The van der Waals surface area contributed by atoms with E-state index in [0.29, 0.717) is 39.5 Å². The molecule has 28 heavy (non-hydrogen) atoms. The largest absolute Gasteiger partial charge is 0.497 e. The van der Waals surface area contributed by atoms with Crippen LogP contribution in [0, 0.1) is 0 Å². The van der Waals surface area contributed by atoms with Gasteiger partial charge in [0, 0.05) is 12.3 Å². The predicted molar refractivity (Wildman–Crippen MR) is 104 cm³/mol. The summed E-state index contributed by atoms with van der Waals surface area (Å²) in [6.07, 6.45) is 0. The van der Waals surface area contributed by atoms with Crippen molar-refractivity contribution < 1.29 is 28.2 Å². The van der Waals surface area contributed by atoms with Gasteiger partial charge in [0.1, 0.15) is 29.3 Å². The minimum absolute atomic E-state index is 0.0122. The first-order valence-corrected chi connectivity index (χ1v) is 8.79. The number of carbonyl (C=O) groups excluding carboxylic acids is 2. The standard InChI is InChI=1S/C21H21NO6/c1-4-26-21(24)20-15-11-14(25-3)9-10-17(15)28-19(20)12-27-18-8-6-5-7-16(18)22-13(2)23/h5-11H,4,12H2,1-3H3,(H,22,23). The molecule has 2 aromatic carbocycles. The molecule has 7 nitrogen and oxygen atoms in total. The van der Waals surface area contributed by atoms with E-state index in [-0.39, 0.29) is 19.1 Å². The Morgan fingerprint density at radius 3 is 2.64 bits per heavy atom. The molecule has 3 rings (SSSR count). The zero-order valence-corrected chi connectivity index (χ0v) is 15.9. The van der Waals surface area contributed by atoms with Crippen LogP contribution in [0.4, 0.5) is 5.69 Å². The maximum atomic E-state index is 12.5. The van der Waals surface area contributed by atoms with Crippen molar-refractivity contribution in [2.24, 2.45) is 0 Å². The summed E-state index contributed by atoms with van der Waals surface area (Å²) in [4.78, 5) is 23.9. The zero-order chi connectivity index (χ0) is 20.1. The van der Waals surface area contributed by atoms with Crippen molar-refractivity contribution in [3.8, 4) is 11.5 Å². The first-order valence-electron chi connectivity index (χ1n) is 8.79. The summed E-state index contributed by atoms with van der Waals surface area (Å²) >= 11 is 0. The summed E-state index contributed by atoms with van der Waals surface area (Å²) in [5.74, 6) is 0.689. The Labute approximate surface area is 162 Å². The van der Waals surface area contributed by atoms with Gasteiger partial charge in [-0.15, -0.1) is 0 Å². The van der Waals surface area contributed by atoms with E-state index in [4.69, 9.17) is 18.6 Å². The molecule has 0 bridgehead atoms. The number of anilines is 1. The fraction of sp³-hybridized carbons (Fsp3) is 0.238. The lowest BCUT2D eigenvalue weighted by Crippen LogP contribution is -2.10. The second-order valence-electron chi connectivity index (χ2n) is 5.95. The molecule has 146 valence electrons. The van der Waals surface area contributed by atoms with Crippen LogP contribution in [0.25, 0.3) is 11.0 Å². The van der Waals surface area contributed by atoms with Gasteiger partial charge in [-0.05, 0) is 37.3 Å². The average Bonchev–Trinajstić information content (AvgIpc) is 3.04. The number of ether oxygens (including phenoxy) is 3. The molecule has 0 aliphatic rings. The monoisotopic (exact) mass is 383 g/mol. The molecule has 0 saturated heterocycles. The molecule has 3 aromatic rings. The number of amides is 1. The quantitative estimate of drug-likeness (QED) is 0.617. The van der Waals surface area contributed by atoms with Crippen LogP contribution in [0.5, 0.6) is 11.5 Å². The predicted octanol–water partition coefficient (Wildman–Crippen LogP) is 4.16. The van der Waals surface area contributed by atoms with Crippen LogP contribution in [0.2, 0.25) is 0 Å². The van der Waals surface area contributed by atoms with Crippen molar-refractivity contribution >= 4 is 28.5 Å². The van der Waals surface area contributed by atoms with E-state index in [1.807, 2.05) is 0 Å². The van der Waals surface area contributed by atoms with Gasteiger partial charge in [-0.2, -0.15) is 0 Å². The highest BCUT2D eigenvalue weighted by molar-refractivity contribution is 6.05. The molecule has 1 heterocycles. The number of esters is 1. The fourth-order valence-electron chi connectivity index (χ4n) is 2.81. The summed E-state index contributed by atoms with van der Waals surface area (Å²) < 4.78 is 22.1. The molecule has 7 heteroatoms. The summed E-state index contributed by atoms with van der Waals surface area (Å²) in [5, 5.41) is 3.30. The molecule has 0 spiro atoms. The second kappa shape index (κ2) is 8.47. The number of carbonyl (C=O) groups is 2. The summed E-state index contributed by atoms with van der Waals surface area (Å²) in [7, 11) is 1.55. The van der Waals surface area contributed by atoms with Crippen molar-refractivity contribution in [2.75, 3.05) is 19.0 Å². The molecule has 0 atom stereocenters. The van der Waals surface area contributed by atoms with E-state index in [2.05, 4.69) is 5.32 Å². The molecule has 1 aromatic heterocycles. The van der Waals surface area contributed by atoms with Gasteiger partial charge in [0.15, 0.2) is 5.76 Å². The first-order chi connectivity index (χ1) is 13.5. The first kappa shape index (κ1) is 19.3. The summed E-state index contributed by atoms with van der Waals surface area (Å²) in [5.41, 5.74) is 1.36. The van der Waals surface area contributed by atoms with E-state index in [0.717, 1.165) is 0 Å². The van der Waals surface area contributed by atoms with Gasteiger partial charge < -0.3 is 23.9 Å². The van der Waals surface area contributed by atoms with Gasteiger partial charge in [-0.1, -0.05) is 12.1 Å². The lowest BCUT2D eigenvalue weighted by atomic mass is 10.1. The van der Waals surface area contributed by atoms with Gasteiger partial charge in [0.05, 0.1) is 19.4 Å². The van der Waals surface area contributed by atoms with Crippen molar-refractivity contribution in [1.29, 1.82) is 0 Å². The Bertz CT molecular complexity index is 1010. The summed E-state index contributed by atoms with van der Waals surface area (Å²) in [6, 6.07) is 12.2. The molecule has 1 N–H and O–H groups in total. The Balaban J connectivity index is 1.96. The topological polar surface area (TPSA) is 87.0 Å². The van der Waals surface area contributed by atoms with Crippen molar-refractivity contribution in [1.82, 2.24) is 0 Å². The molecule has 0 fully saturated rings. The molecule has 0 saturated carbocycles. The lowest BCUT2D eigenvalue weighted by molar-refractivity contribution is -0.114. The Morgan fingerprint density at radius 1 is 1.14 bits per heavy atom. The van der Waals surface area contributed by atoms with Gasteiger partial charge in [0.25, 0.3) is 0 Å². The second-order valence-corrected chi connectivity index (χ2v) is 5.95. The normalized spacial score (nSPS) is 10.5. The third-order valence-electron chi connectivity index (χ3n) is 4.00. The highest BCUT2D eigenvalue weighted by Gasteiger charge is 2.23. The van der Waals surface area contributed by atoms with Crippen molar-refractivity contribution in [2.45, 2.75) is 20.5 Å². The maximum absolute atomic E-state index is 12.5. The van der Waals surface area contributed by atoms with E-state index in [9.17, 15) is 9.59 Å². The number of fused-ring (bicyclic) bond motifs is 1. The van der Waals surface area contributed by atoms with Crippen LogP contribution in [-0.2, 0) is 16.1 Å². The van der Waals surface area contributed by atoms with Crippen LogP contribution >= 0.6 is 0 Å². The van der Waals surface area contributed by atoms with E-state index >= 15 is 0 Å². The minimum Gasteiger partial charge on any atom is -0.497 e. The number of para-hydroxylation sites is 2. The average molecular weight is 383 g/mol. The number of rotatable bonds is 7. The van der Waals surface area contributed by atoms with E-state index in [1.54, 1.807) is 56.5 Å². The fourth-order valence-corrected chi connectivity index (χ4v) is 2.81. The van der Waals surface area contributed by atoms with E-state index in [1.165, 1.54) is 6.92 Å². The summed E-state index contributed by atoms with van der Waals surface area (Å²) in [6.45, 7) is 3.38. The van der Waals surface area contributed by atoms with Crippen LogP contribution in [0.1, 0.15) is 30.0 Å². The number of furan rings is 1. The molecule has 0 radical (unpaired) electrons. The number of methoxy groups -OCH3 is 1. The third kappa shape index (κ3) is 4.09. The maximum Gasteiger partial charge on any atom is 0.342 e. The number of hydrogen-bond acceptors (Lipinski definition) is 6. The molecular weight excluding hydrogens is 362 g/mol. The number of nitrogens with one attached hydrogen (secondary N) is 1. The minimum atomic E-state index is -0.497. The SMILES string of the molecule is CCOC(=O)c1c(COc2ccccc2NC(C)=O)oc2ccc(OC)cc12.